The molecule has 4 rings (SSSR count). The molecule has 11 heteroatoms. The molecule has 0 bridgehead atoms. The van der Waals surface area contributed by atoms with Gasteiger partial charge in [-0.15, -0.1) is 0 Å². The molecule has 1 saturated heterocycles. The van der Waals surface area contributed by atoms with Crippen molar-refractivity contribution in [3.63, 3.8) is 0 Å². The number of rotatable bonds is 10. The molecule has 0 spiro atoms. The molecule has 1 aliphatic rings. The molecule has 0 radical (unpaired) electrons. The number of amides is 2. The molecule has 3 aromatic rings. The average molecular weight is 616 g/mol. The first-order valence-electron chi connectivity index (χ1n) is 14.3. The highest BCUT2D eigenvalue weighted by Gasteiger charge is 2.39. The van der Waals surface area contributed by atoms with Crippen LogP contribution in [0, 0.1) is 0 Å². The predicted octanol–water partition coefficient (Wildman–Crippen LogP) is 5.66. The number of likely N-dealkylation sites (N-methyl/N-ethyl adjacent to an activating group) is 1. The number of sulfone groups is 1. The fourth-order valence-corrected chi connectivity index (χ4v) is 6.24. The highest BCUT2D eigenvalue weighted by molar-refractivity contribution is 7.91. The summed E-state index contributed by atoms with van der Waals surface area (Å²) in [6.07, 6.45) is -3.96. The van der Waals surface area contributed by atoms with Crippen LogP contribution in [0.2, 0.25) is 0 Å². The molecule has 230 valence electrons. The van der Waals surface area contributed by atoms with Gasteiger partial charge in [-0.05, 0) is 79.9 Å². The third kappa shape index (κ3) is 7.38. The molecular weight excluding hydrogens is 579 g/mol. The first kappa shape index (κ1) is 32.1. The van der Waals surface area contributed by atoms with Crippen LogP contribution >= 0.6 is 0 Å². The van der Waals surface area contributed by atoms with Gasteiger partial charge in [0.2, 0.25) is 5.91 Å². The minimum Gasteiger partial charge on any atom is -0.359 e. The number of nitrogens with one attached hydrogen (secondary N) is 1. The topological polar surface area (TPSA) is 86.8 Å². The molecule has 3 aromatic carbocycles. The van der Waals surface area contributed by atoms with Crippen molar-refractivity contribution >= 4 is 27.3 Å². The van der Waals surface area contributed by atoms with Crippen LogP contribution in [0.3, 0.4) is 0 Å². The van der Waals surface area contributed by atoms with Gasteiger partial charge in [0.05, 0.1) is 16.2 Å². The molecule has 0 aliphatic carbocycles. The number of anilines is 1. The van der Waals surface area contributed by atoms with Crippen LogP contribution in [0.5, 0.6) is 0 Å². The Labute approximate surface area is 250 Å². The van der Waals surface area contributed by atoms with Crippen LogP contribution in [0.15, 0.2) is 77.7 Å². The molecule has 43 heavy (non-hydrogen) atoms. The summed E-state index contributed by atoms with van der Waals surface area (Å²) in [4.78, 5) is 30.3. The molecule has 1 heterocycles. The number of nitrogens with zero attached hydrogens (tertiary/aromatic N) is 2. The van der Waals surface area contributed by atoms with E-state index in [4.69, 9.17) is 0 Å². The van der Waals surface area contributed by atoms with E-state index in [9.17, 15) is 31.2 Å². The van der Waals surface area contributed by atoms with Gasteiger partial charge in [-0.1, -0.05) is 31.2 Å². The number of benzene rings is 3. The van der Waals surface area contributed by atoms with Crippen LogP contribution in [-0.2, 0) is 27.4 Å². The highest BCUT2D eigenvalue weighted by Crippen LogP contribution is 2.37. The van der Waals surface area contributed by atoms with Crippen molar-refractivity contribution in [3.05, 3.63) is 95.1 Å². The summed E-state index contributed by atoms with van der Waals surface area (Å²) in [7, 11) is -3.30. The highest BCUT2D eigenvalue weighted by atomic mass is 32.2. The van der Waals surface area contributed by atoms with Gasteiger partial charge < -0.3 is 15.1 Å². The van der Waals surface area contributed by atoms with Gasteiger partial charge in [0.15, 0.2) is 9.84 Å². The van der Waals surface area contributed by atoms with Crippen LogP contribution in [-0.4, -0.2) is 56.6 Å². The van der Waals surface area contributed by atoms with Crippen LogP contribution < -0.4 is 10.2 Å². The van der Waals surface area contributed by atoms with E-state index in [1.165, 1.54) is 24.3 Å². The van der Waals surface area contributed by atoms with E-state index in [1.807, 2.05) is 18.7 Å². The van der Waals surface area contributed by atoms with Crippen LogP contribution in [0.1, 0.15) is 60.2 Å². The summed E-state index contributed by atoms with van der Waals surface area (Å²) in [5, 5.41) is 2.83. The molecule has 1 aliphatic heterocycles. The van der Waals surface area contributed by atoms with E-state index >= 15 is 0 Å². The summed E-state index contributed by atoms with van der Waals surface area (Å²) in [6, 6.07) is 17.9. The van der Waals surface area contributed by atoms with Gasteiger partial charge in [0, 0.05) is 43.3 Å². The van der Waals surface area contributed by atoms with Crippen LogP contribution in [0.4, 0.5) is 18.9 Å². The molecule has 2 amide bonds. The second kappa shape index (κ2) is 13.2. The minimum atomic E-state index is -4.42. The van der Waals surface area contributed by atoms with Crippen molar-refractivity contribution < 1.29 is 31.2 Å². The zero-order valence-corrected chi connectivity index (χ0v) is 25.2. The largest absolute Gasteiger partial charge is 0.416 e. The fraction of sp³-hybridized carbons (Fsp3) is 0.375. The lowest BCUT2D eigenvalue weighted by atomic mass is 9.95. The first-order valence-corrected chi connectivity index (χ1v) is 16.0. The monoisotopic (exact) mass is 615 g/mol. The Hall–Kier alpha value is -3.86. The maximum absolute atomic E-state index is 13.5. The second-order valence-electron chi connectivity index (χ2n) is 10.5. The standard InChI is InChI=1S/C32H36F3N3O4S/c1-4-37(5-2)31(40)29-19-25(23-9-13-26(14-10-23)32(33,34)35)21-38(29)27-15-11-24(12-16-27)30(39)36-20-22-7-17-28(18-8-22)43(41,42)6-3/h7-18,25,29H,4-6,19-21H2,1-3H3,(H,36,39). The number of carbonyl (C=O) groups is 2. The zero-order chi connectivity index (χ0) is 31.4. The van der Waals surface area contributed by atoms with E-state index < -0.39 is 27.6 Å². The molecule has 2 atom stereocenters. The van der Waals surface area contributed by atoms with E-state index in [1.54, 1.807) is 48.2 Å². The molecule has 2 unspecified atom stereocenters. The summed E-state index contributed by atoms with van der Waals surface area (Å²) in [6.45, 7) is 7.14. The molecule has 0 aromatic heterocycles. The van der Waals surface area contributed by atoms with Gasteiger partial charge >= 0.3 is 6.18 Å². The lowest BCUT2D eigenvalue weighted by Crippen LogP contribution is -2.45. The second-order valence-corrected chi connectivity index (χ2v) is 12.8. The van der Waals surface area contributed by atoms with E-state index in [0.29, 0.717) is 31.6 Å². The van der Waals surface area contributed by atoms with Crippen LogP contribution in [0.25, 0.3) is 0 Å². The van der Waals surface area contributed by atoms with E-state index in [2.05, 4.69) is 5.32 Å². The quantitative estimate of drug-likeness (QED) is 0.318. The first-order chi connectivity index (χ1) is 20.4. The fourth-order valence-electron chi connectivity index (χ4n) is 5.36. The van der Waals surface area contributed by atoms with Crippen molar-refractivity contribution in [2.24, 2.45) is 0 Å². The number of hydrogen-bond donors (Lipinski definition) is 1. The van der Waals surface area contributed by atoms with Gasteiger partial charge in [0.25, 0.3) is 5.91 Å². The lowest BCUT2D eigenvalue weighted by molar-refractivity contribution is -0.137. The number of hydrogen-bond acceptors (Lipinski definition) is 5. The number of halogens is 3. The zero-order valence-electron chi connectivity index (χ0n) is 24.4. The Bertz CT molecular complexity index is 1520. The Morgan fingerprint density at radius 3 is 2.05 bits per heavy atom. The third-order valence-corrected chi connectivity index (χ3v) is 9.70. The van der Waals surface area contributed by atoms with Gasteiger partial charge in [-0.25, -0.2) is 8.42 Å². The molecule has 7 nitrogen and oxygen atoms in total. The van der Waals surface area contributed by atoms with Crippen molar-refractivity contribution in [2.75, 3.05) is 30.3 Å². The maximum Gasteiger partial charge on any atom is 0.416 e. The summed E-state index contributed by atoms with van der Waals surface area (Å²) in [5.41, 5.74) is 1.94. The average Bonchev–Trinajstić information content (AvgIpc) is 3.46. The number of carbonyl (C=O) groups excluding carboxylic acids is 2. The van der Waals surface area contributed by atoms with Gasteiger partial charge in [0.1, 0.15) is 6.04 Å². The molecular formula is C32H36F3N3O4S. The van der Waals surface area contributed by atoms with Crippen molar-refractivity contribution in [1.82, 2.24) is 10.2 Å². The predicted molar refractivity (Wildman–Crippen MR) is 160 cm³/mol. The number of alkyl halides is 3. The Balaban J connectivity index is 1.48. The summed E-state index contributed by atoms with van der Waals surface area (Å²) in [5.74, 6) is -0.486. The lowest BCUT2D eigenvalue weighted by Gasteiger charge is -2.30. The van der Waals surface area contributed by atoms with Crippen molar-refractivity contribution in [1.29, 1.82) is 0 Å². The van der Waals surface area contributed by atoms with Crippen molar-refractivity contribution in [3.8, 4) is 0 Å². The SMILES string of the molecule is CCN(CC)C(=O)C1CC(c2ccc(C(F)(F)F)cc2)CN1c1ccc(C(=O)NCc2ccc(S(=O)(=O)CC)cc2)cc1. The van der Waals surface area contributed by atoms with Crippen molar-refractivity contribution in [2.45, 2.75) is 56.8 Å². The minimum absolute atomic E-state index is 0.0105. The third-order valence-electron chi connectivity index (χ3n) is 7.95. The molecule has 1 fully saturated rings. The summed E-state index contributed by atoms with van der Waals surface area (Å²) < 4.78 is 63.3. The Morgan fingerprint density at radius 1 is 0.907 bits per heavy atom. The maximum atomic E-state index is 13.5. The Morgan fingerprint density at radius 2 is 1.51 bits per heavy atom. The smallest absolute Gasteiger partial charge is 0.359 e. The van der Waals surface area contributed by atoms with E-state index in [0.717, 1.165) is 28.9 Å². The Kier molecular flexibility index (Phi) is 9.84. The van der Waals surface area contributed by atoms with E-state index in [-0.39, 0.29) is 34.9 Å². The normalized spacial score (nSPS) is 17.1. The summed E-state index contributed by atoms with van der Waals surface area (Å²) >= 11 is 0. The van der Waals surface area contributed by atoms with Gasteiger partial charge in [-0.2, -0.15) is 13.2 Å². The molecule has 1 N–H and O–H groups in total. The van der Waals surface area contributed by atoms with Gasteiger partial charge in [-0.3, -0.25) is 9.59 Å². The molecule has 0 saturated carbocycles.